The van der Waals surface area contributed by atoms with Crippen LogP contribution in [0.25, 0.3) is 0 Å². The molecule has 1 unspecified atom stereocenters. The van der Waals surface area contributed by atoms with Crippen LogP contribution in [0.5, 0.6) is 0 Å². The average molecular weight is 300 g/mol. The zero-order valence-corrected chi connectivity index (χ0v) is 10.9. The van der Waals surface area contributed by atoms with Crippen LogP contribution < -0.4 is 5.73 Å². The van der Waals surface area contributed by atoms with Crippen LogP contribution in [-0.4, -0.2) is 4.98 Å². The fourth-order valence-corrected chi connectivity index (χ4v) is 1.64. The van der Waals surface area contributed by atoms with Crippen molar-refractivity contribution in [3.63, 3.8) is 0 Å². The van der Waals surface area contributed by atoms with Gasteiger partial charge < -0.3 is 5.73 Å². The quantitative estimate of drug-likeness (QED) is 0.924. The minimum Gasteiger partial charge on any atom is -0.319 e. The topological polar surface area (TPSA) is 38.9 Å². The highest BCUT2D eigenvalue weighted by Crippen LogP contribution is 2.18. The zero-order valence-electron chi connectivity index (χ0n) is 8.51. The summed E-state index contributed by atoms with van der Waals surface area (Å²) in [5.41, 5.74) is 8.04. The van der Waals surface area contributed by atoms with E-state index in [0.717, 1.165) is 15.7 Å². The lowest BCUT2D eigenvalue weighted by atomic mass is 10.0. The molecule has 0 radical (unpaired) electrons. The minimum absolute atomic E-state index is 0. The third-order valence-electron chi connectivity index (χ3n) is 2.23. The molecule has 0 spiro atoms. The van der Waals surface area contributed by atoms with Gasteiger partial charge in [-0.05, 0) is 33.6 Å². The first kappa shape index (κ1) is 13.2. The summed E-state index contributed by atoms with van der Waals surface area (Å²) in [5.74, 6) is 0. The standard InChI is InChI=1S/C12H11BrN2.ClH/c13-10-6-7-11(15-8-10)12(14)9-4-2-1-3-5-9;/h1-8,12H,14H2;1H. The Balaban J connectivity index is 0.00000128. The third-order valence-corrected chi connectivity index (χ3v) is 2.70. The Morgan fingerprint density at radius 1 is 1.06 bits per heavy atom. The molecule has 2 rings (SSSR count). The van der Waals surface area contributed by atoms with E-state index in [2.05, 4.69) is 20.9 Å². The molecule has 0 bridgehead atoms. The summed E-state index contributed by atoms with van der Waals surface area (Å²) in [7, 11) is 0. The van der Waals surface area contributed by atoms with Crippen molar-refractivity contribution in [2.75, 3.05) is 0 Å². The van der Waals surface area contributed by atoms with Gasteiger partial charge in [0.25, 0.3) is 0 Å². The van der Waals surface area contributed by atoms with Crippen molar-refractivity contribution >= 4 is 28.3 Å². The van der Waals surface area contributed by atoms with E-state index in [1.807, 2.05) is 42.5 Å². The van der Waals surface area contributed by atoms with Gasteiger partial charge in [-0.1, -0.05) is 30.3 Å². The lowest BCUT2D eigenvalue weighted by Gasteiger charge is -2.10. The fourth-order valence-electron chi connectivity index (χ4n) is 1.40. The average Bonchev–Trinajstić information content (AvgIpc) is 2.30. The largest absolute Gasteiger partial charge is 0.319 e. The monoisotopic (exact) mass is 298 g/mol. The summed E-state index contributed by atoms with van der Waals surface area (Å²) in [6.45, 7) is 0. The Kier molecular flexibility index (Phi) is 4.93. The van der Waals surface area contributed by atoms with E-state index in [1.165, 1.54) is 0 Å². The van der Waals surface area contributed by atoms with E-state index in [-0.39, 0.29) is 18.4 Å². The highest BCUT2D eigenvalue weighted by Gasteiger charge is 2.08. The summed E-state index contributed by atoms with van der Waals surface area (Å²) >= 11 is 3.35. The number of hydrogen-bond acceptors (Lipinski definition) is 2. The molecule has 2 nitrogen and oxygen atoms in total. The zero-order chi connectivity index (χ0) is 10.7. The predicted molar refractivity (Wildman–Crippen MR) is 71.7 cm³/mol. The number of halogens is 2. The van der Waals surface area contributed by atoms with Crippen molar-refractivity contribution in [1.82, 2.24) is 4.98 Å². The first-order valence-corrected chi connectivity index (χ1v) is 5.48. The molecule has 2 aromatic rings. The molecule has 0 saturated heterocycles. The summed E-state index contributed by atoms with van der Waals surface area (Å²) in [6, 6.07) is 13.7. The van der Waals surface area contributed by atoms with Crippen molar-refractivity contribution in [3.8, 4) is 0 Å². The van der Waals surface area contributed by atoms with Gasteiger partial charge in [0.1, 0.15) is 0 Å². The van der Waals surface area contributed by atoms with Gasteiger partial charge in [-0.3, -0.25) is 4.98 Å². The lowest BCUT2D eigenvalue weighted by molar-refractivity contribution is 0.828. The molecule has 0 saturated carbocycles. The molecule has 0 aliphatic heterocycles. The fraction of sp³-hybridized carbons (Fsp3) is 0.0833. The van der Waals surface area contributed by atoms with E-state index in [1.54, 1.807) is 6.20 Å². The highest BCUT2D eigenvalue weighted by atomic mass is 79.9. The minimum atomic E-state index is -0.153. The number of rotatable bonds is 2. The molecule has 1 aromatic carbocycles. The van der Waals surface area contributed by atoms with Crippen LogP contribution in [0.1, 0.15) is 17.3 Å². The molecule has 2 N–H and O–H groups in total. The van der Waals surface area contributed by atoms with Crippen LogP contribution >= 0.6 is 28.3 Å². The molecule has 1 aromatic heterocycles. The van der Waals surface area contributed by atoms with Crippen LogP contribution in [-0.2, 0) is 0 Å². The summed E-state index contributed by atoms with van der Waals surface area (Å²) in [4.78, 5) is 4.28. The van der Waals surface area contributed by atoms with Gasteiger partial charge in [0.05, 0.1) is 11.7 Å². The first-order valence-electron chi connectivity index (χ1n) is 4.69. The maximum absolute atomic E-state index is 6.09. The second-order valence-corrected chi connectivity index (χ2v) is 4.21. The molecule has 84 valence electrons. The lowest BCUT2D eigenvalue weighted by Crippen LogP contribution is -2.13. The van der Waals surface area contributed by atoms with Crippen LogP contribution in [0.2, 0.25) is 0 Å². The first-order chi connectivity index (χ1) is 7.27. The maximum Gasteiger partial charge on any atom is 0.0726 e. The van der Waals surface area contributed by atoms with Gasteiger partial charge in [-0.15, -0.1) is 12.4 Å². The summed E-state index contributed by atoms with van der Waals surface area (Å²) < 4.78 is 0.964. The Labute approximate surface area is 109 Å². The van der Waals surface area contributed by atoms with Gasteiger partial charge in [0.15, 0.2) is 0 Å². The van der Waals surface area contributed by atoms with Crippen LogP contribution in [0, 0.1) is 0 Å². The normalized spacial score (nSPS) is 11.6. The maximum atomic E-state index is 6.09. The van der Waals surface area contributed by atoms with Gasteiger partial charge >= 0.3 is 0 Å². The molecule has 4 heteroatoms. The second kappa shape index (κ2) is 5.99. The van der Waals surface area contributed by atoms with Gasteiger partial charge in [-0.25, -0.2) is 0 Å². The number of benzene rings is 1. The van der Waals surface area contributed by atoms with E-state index in [9.17, 15) is 0 Å². The number of aromatic nitrogens is 1. The predicted octanol–water partition coefficient (Wildman–Crippen LogP) is 3.31. The number of hydrogen-bond donors (Lipinski definition) is 1. The van der Waals surface area contributed by atoms with Crippen molar-refractivity contribution in [3.05, 3.63) is 64.4 Å². The Morgan fingerprint density at radius 3 is 2.31 bits per heavy atom. The van der Waals surface area contributed by atoms with E-state index in [0.29, 0.717) is 0 Å². The molecule has 0 amide bonds. The van der Waals surface area contributed by atoms with E-state index >= 15 is 0 Å². The molecule has 0 fully saturated rings. The number of nitrogens with two attached hydrogens (primary N) is 1. The molecular formula is C12H12BrClN2. The van der Waals surface area contributed by atoms with Crippen LogP contribution in [0.4, 0.5) is 0 Å². The van der Waals surface area contributed by atoms with Crippen molar-refractivity contribution in [1.29, 1.82) is 0 Å². The van der Waals surface area contributed by atoms with E-state index < -0.39 is 0 Å². The van der Waals surface area contributed by atoms with Gasteiger partial charge in [-0.2, -0.15) is 0 Å². The van der Waals surface area contributed by atoms with E-state index in [4.69, 9.17) is 5.73 Å². The van der Waals surface area contributed by atoms with Crippen molar-refractivity contribution in [2.24, 2.45) is 5.73 Å². The summed E-state index contributed by atoms with van der Waals surface area (Å²) in [5, 5.41) is 0. The molecule has 0 aliphatic rings. The smallest absolute Gasteiger partial charge is 0.0726 e. The molecule has 0 aliphatic carbocycles. The Hall–Kier alpha value is -0.900. The third kappa shape index (κ3) is 3.04. The van der Waals surface area contributed by atoms with Crippen LogP contribution in [0.3, 0.4) is 0 Å². The SMILES string of the molecule is Cl.NC(c1ccccc1)c1ccc(Br)cn1. The Bertz CT molecular complexity index is 431. The second-order valence-electron chi connectivity index (χ2n) is 3.29. The highest BCUT2D eigenvalue weighted by molar-refractivity contribution is 9.10. The number of nitrogens with zero attached hydrogens (tertiary/aromatic N) is 1. The molecule has 1 atom stereocenters. The van der Waals surface area contributed by atoms with Crippen molar-refractivity contribution < 1.29 is 0 Å². The Morgan fingerprint density at radius 2 is 1.75 bits per heavy atom. The van der Waals surface area contributed by atoms with Gasteiger partial charge in [0.2, 0.25) is 0 Å². The summed E-state index contributed by atoms with van der Waals surface area (Å²) in [6.07, 6.45) is 1.76. The van der Waals surface area contributed by atoms with Gasteiger partial charge in [0, 0.05) is 10.7 Å². The molecular weight excluding hydrogens is 288 g/mol. The molecule has 16 heavy (non-hydrogen) atoms. The van der Waals surface area contributed by atoms with Crippen molar-refractivity contribution in [2.45, 2.75) is 6.04 Å². The number of pyridine rings is 1. The van der Waals surface area contributed by atoms with Crippen LogP contribution in [0.15, 0.2) is 53.1 Å². The molecule has 1 heterocycles.